The number of unbranched alkanes of at least 4 members (excludes halogenated alkanes) is 2. The zero-order valence-electron chi connectivity index (χ0n) is 16.8. The van der Waals surface area contributed by atoms with Crippen molar-refractivity contribution in [3.05, 3.63) is 40.0 Å². The molecule has 2 heterocycles. The van der Waals surface area contributed by atoms with Gasteiger partial charge in [-0.15, -0.1) is 0 Å². The van der Waals surface area contributed by atoms with Crippen LogP contribution in [0.1, 0.15) is 58.1 Å². The molecule has 0 saturated carbocycles. The van der Waals surface area contributed by atoms with E-state index in [0.717, 1.165) is 33.7 Å². The molecule has 6 heteroatoms. The number of anilines is 1. The highest BCUT2D eigenvalue weighted by Gasteiger charge is 2.18. The van der Waals surface area contributed by atoms with Crippen LogP contribution in [0, 0.1) is 6.92 Å². The van der Waals surface area contributed by atoms with Crippen LogP contribution >= 0.6 is 23.2 Å². The first-order valence-corrected chi connectivity index (χ1v) is 10.9. The van der Waals surface area contributed by atoms with E-state index in [4.69, 9.17) is 28.2 Å². The average molecular weight is 419 g/mol. The molecule has 0 aliphatic heterocycles. The molecule has 0 fully saturated rings. The summed E-state index contributed by atoms with van der Waals surface area (Å²) in [5.74, 6) is 0. The highest BCUT2D eigenvalue weighted by molar-refractivity contribution is 6.36. The monoisotopic (exact) mass is 418 g/mol. The number of aromatic nitrogens is 3. The number of nitrogens with zero attached hydrogens (tertiary/aromatic N) is 2. The van der Waals surface area contributed by atoms with Crippen molar-refractivity contribution >= 4 is 39.9 Å². The van der Waals surface area contributed by atoms with Crippen molar-refractivity contribution in [3.8, 4) is 11.3 Å². The lowest BCUT2D eigenvalue weighted by atomic mass is 10.0. The van der Waals surface area contributed by atoms with Gasteiger partial charge in [-0.05, 0) is 44.0 Å². The molecule has 28 heavy (non-hydrogen) atoms. The molecule has 0 bridgehead atoms. The van der Waals surface area contributed by atoms with E-state index in [0.29, 0.717) is 16.1 Å². The van der Waals surface area contributed by atoms with Crippen molar-refractivity contribution in [3.63, 3.8) is 0 Å². The third-order valence-electron chi connectivity index (χ3n) is 5.01. The molecule has 2 N–H and O–H groups in total. The van der Waals surface area contributed by atoms with Gasteiger partial charge in [0.15, 0.2) is 0 Å². The number of rotatable bonds is 9. The highest BCUT2D eigenvalue weighted by atomic mass is 35.5. The van der Waals surface area contributed by atoms with E-state index in [1.165, 1.54) is 38.5 Å². The molecule has 0 radical (unpaired) electrons. The Morgan fingerprint density at radius 2 is 1.79 bits per heavy atom. The van der Waals surface area contributed by atoms with Crippen molar-refractivity contribution in [1.29, 1.82) is 0 Å². The SMILES string of the molecule is CCCCC(CCCC)Nc1cc(C)nc2c(-c3ccc(Cl)cc3Cl)n[nH]c12. The molecule has 150 valence electrons. The zero-order valence-corrected chi connectivity index (χ0v) is 18.3. The second-order valence-electron chi connectivity index (χ2n) is 7.36. The van der Waals surface area contributed by atoms with Gasteiger partial charge in [-0.25, -0.2) is 4.98 Å². The molecular formula is C22H28Cl2N4. The lowest BCUT2D eigenvalue weighted by Gasteiger charge is -2.20. The molecule has 0 amide bonds. The zero-order chi connectivity index (χ0) is 20.1. The van der Waals surface area contributed by atoms with E-state index in [1.807, 2.05) is 19.1 Å². The Kier molecular flexibility index (Phi) is 7.19. The summed E-state index contributed by atoms with van der Waals surface area (Å²) in [5, 5.41) is 12.6. The van der Waals surface area contributed by atoms with Crippen LogP contribution in [-0.2, 0) is 0 Å². The third-order valence-corrected chi connectivity index (χ3v) is 5.56. The predicted molar refractivity (Wildman–Crippen MR) is 121 cm³/mol. The predicted octanol–water partition coefficient (Wildman–Crippen LogP) is 7.40. The maximum atomic E-state index is 6.42. The molecule has 0 aliphatic rings. The number of pyridine rings is 1. The van der Waals surface area contributed by atoms with E-state index in [9.17, 15) is 0 Å². The van der Waals surface area contributed by atoms with E-state index in [-0.39, 0.29) is 0 Å². The quantitative estimate of drug-likeness (QED) is 0.380. The minimum atomic E-state index is 0.454. The maximum absolute atomic E-state index is 6.42. The summed E-state index contributed by atoms with van der Waals surface area (Å²) >= 11 is 12.5. The minimum Gasteiger partial charge on any atom is -0.380 e. The van der Waals surface area contributed by atoms with Crippen molar-refractivity contribution < 1.29 is 0 Å². The van der Waals surface area contributed by atoms with Crippen molar-refractivity contribution in [2.45, 2.75) is 65.3 Å². The van der Waals surface area contributed by atoms with Crippen LogP contribution in [0.2, 0.25) is 10.0 Å². The van der Waals surface area contributed by atoms with Crippen LogP contribution in [-0.4, -0.2) is 21.2 Å². The fraction of sp³-hybridized carbons (Fsp3) is 0.455. The number of H-pyrrole nitrogens is 1. The highest BCUT2D eigenvalue weighted by Crippen LogP contribution is 2.35. The molecule has 0 aliphatic carbocycles. The maximum Gasteiger partial charge on any atom is 0.120 e. The largest absolute Gasteiger partial charge is 0.380 e. The molecule has 3 aromatic rings. The lowest BCUT2D eigenvalue weighted by Crippen LogP contribution is -2.19. The van der Waals surface area contributed by atoms with E-state index in [2.05, 4.69) is 35.4 Å². The van der Waals surface area contributed by atoms with E-state index >= 15 is 0 Å². The summed E-state index contributed by atoms with van der Waals surface area (Å²) in [6.45, 7) is 6.49. The topological polar surface area (TPSA) is 53.6 Å². The average Bonchev–Trinajstić information content (AvgIpc) is 3.07. The van der Waals surface area contributed by atoms with Gasteiger partial charge < -0.3 is 5.32 Å². The van der Waals surface area contributed by atoms with Gasteiger partial charge >= 0.3 is 0 Å². The molecule has 3 rings (SSSR count). The van der Waals surface area contributed by atoms with Crippen LogP contribution < -0.4 is 5.32 Å². The second kappa shape index (κ2) is 9.62. The van der Waals surface area contributed by atoms with E-state index < -0.39 is 0 Å². The molecule has 1 aromatic carbocycles. The fourth-order valence-corrected chi connectivity index (χ4v) is 4.01. The Hall–Kier alpha value is -1.78. The Morgan fingerprint density at radius 3 is 2.43 bits per heavy atom. The van der Waals surface area contributed by atoms with Gasteiger partial charge in [0.25, 0.3) is 0 Å². The van der Waals surface area contributed by atoms with Crippen LogP contribution in [0.25, 0.3) is 22.3 Å². The Balaban J connectivity index is 1.99. The number of nitrogens with one attached hydrogen (secondary N) is 2. The molecule has 0 spiro atoms. The van der Waals surface area contributed by atoms with Gasteiger partial charge in [0.05, 0.1) is 10.7 Å². The van der Waals surface area contributed by atoms with Gasteiger partial charge in [0.1, 0.15) is 16.7 Å². The number of fused-ring (bicyclic) bond motifs is 1. The van der Waals surface area contributed by atoms with E-state index in [1.54, 1.807) is 6.07 Å². The van der Waals surface area contributed by atoms with Crippen LogP contribution in [0.3, 0.4) is 0 Å². The van der Waals surface area contributed by atoms with Gasteiger partial charge in [-0.3, -0.25) is 5.10 Å². The second-order valence-corrected chi connectivity index (χ2v) is 8.20. The fourth-order valence-electron chi connectivity index (χ4n) is 3.52. The summed E-state index contributed by atoms with van der Waals surface area (Å²) < 4.78 is 0. The normalized spacial score (nSPS) is 11.5. The molecule has 4 nitrogen and oxygen atoms in total. The summed E-state index contributed by atoms with van der Waals surface area (Å²) in [5.41, 5.74) is 5.34. The number of hydrogen-bond acceptors (Lipinski definition) is 3. The number of benzene rings is 1. The first-order valence-electron chi connectivity index (χ1n) is 10.1. The molecule has 2 aromatic heterocycles. The first-order chi connectivity index (χ1) is 13.5. The van der Waals surface area contributed by atoms with Gasteiger partial charge in [0.2, 0.25) is 0 Å². The lowest BCUT2D eigenvalue weighted by molar-refractivity contribution is 0.547. The Bertz CT molecular complexity index is 928. The number of aromatic amines is 1. The van der Waals surface area contributed by atoms with Gasteiger partial charge in [-0.2, -0.15) is 5.10 Å². The summed E-state index contributed by atoms with van der Waals surface area (Å²) in [6.07, 6.45) is 7.20. The molecule has 0 atom stereocenters. The third kappa shape index (κ3) is 4.79. The van der Waals surface area contributed by atoms with Crippen LogP contribution in [0.15, 0.2) is 24.3 Å². The van der Waals surface area contributed by atoms with Crippen molar-refractivity contribution in [2.24, 2.45) is 0 Å². The summed E-state index contributed by atoms with van der Waals surface area (Å²) in [7, 11) is 0. The van der Waals surface area contributed by atoms with Crippen molar-refractivity contribution in [1.82, 2.24) is 15.2 Å². The van der Waals surface area contributed by atoms with Gasteiger partial charge in [-0.1, -0.05) is 62.7 Å². The van der Waals surface area contributed by atoms with Crippen molar-refractivity contribution in [2.75, 3.05) is 5.32 Å². The first kappa shape index (κ1) is 20.9. The number of halogens is 2. The van der Waals surface area contributed by atoms with Gasteiger partial charge in [0, 0.05) is 22.3 Å². The molecule has 0 saturated heterocycles. The summed E-state index contributed by atoms with van der Waals surface area (Å²) in [6, 6.07) is 8.00. The standard InChI is InChI=1S/C22H28Cl2N4/c1-4-6-8-16(9-7-5-2)26-19-12-14(3)25-22-20(27-28-21(19)22)17-11-10-15(23)13-18(17)24/h10-13,16H,4-9H2,1-3H3,(H,25,26)(H,27,28). The molecular weight excluding hydrogens is 391 g/mol. The Labute approximate surface area is 177 Å². The number of aryl methyl sites for hydroxylation is 1. The number of hydrogen-bond donors (Lipinski definition) is 2. The Morgan fingerprint density at radius 1 is 1.07 bits per heavy atom. The summed E-state index contributed by atoms with van der Waals surface area (Å²) in [4.78, 5) is 4.74. The van der Waals surface area contributed by atoms with Crippen LogP contribution in [0.5, 0.6) is 0 Å². The smallest absolute Gasteiger partial charge is 0.120 e. The van der Waals surface area contributed by atoms with Crippen LogP contribution in [0.4, 0.5) is 5.69 Å². The molecule has 0 unspecified atom stereocenters. The minimum absolute atomic E-state index is 0.454.